The minimum Gasteiger partial charge on any atom is -0.444 e. The number of anilines is 1. The van der Waals surface area contributed by atoms with Crippen molar-refractivity contribution in [1.29, 1.82) is 0 Å². The molecule has 3 heterocycles. The summed E-state index contributed by atoms with van der Waals surface area (Å²) in [5.74, 6) is 0.740. The molecule has 2 aliphatic rings. The molecule has 0 saturated carbocycles. The topological polar surface area (TPSA) is 83.6 Å². The van der Waals surface area contributed by atoms with Crippen molar-refractivity contribution in [2.24, 2.45) is 0 Å². The number of alkyl carbamates (subject to hydrolysis) is 1. The molecular weight excluding hydrogens is 344 g/mol. The number of carbonyl (C=O) groups excluding carboxylic acids is 2. The standard InChI is InChI=1S/C20H30N4O3/c1-6-15(22-19(26)27-20(3,4)5)17-14-11-21-18(25)13(14)10-16(23-17)24-9-7-8-12(24)2/h10,12,15H,6-9,11H2,1-5H3,(H,21,25)(H,22,26)/t12-,15-/m1/s1. The van der Waals surface area contributed by atoms with Crippen molar-refractivity contribution in [3.63, 3.8) is 0 Å². The molecule has 2 atom stereocenters. The molecule has 0 bridgehead atoms. The highest BCUT2D eigenvalue weighted by Gasteiger charge is 2.31. The number of aromatic nitrogens is 1. The maximum atomic E-state index is 12.3. The van der Waals surface area contributed by atoms with Crippen LogP contribution >= 0.6 is 0 Å². The number of fused-ring (bicyclic) bond motifs is 1. The van der Waals surface area contributed by atoms with Gasteiger partial charge in [0.25, 0.3) is 5.91 Å². The van der Waals surface area contributed by atoms with Crippen LogP contribution in [0.1, 0.15) is 81.5 Å². The number of rotatable bonds is 4. The van der Waals surface area contributed by atoms with Crippen molar-refractivity contribution in [2.75, 3.05) is 11.4 Å². The van der Waals surface area contributed by atoms with Crippen LogP contribution in [0.25, 0.3) is 0 Å². The van der Waals surface area contributed by atoms with E-state index in [4.69, 9.17) is 9.72 Å². The number of hydrogen-bond acceptors (Lipinski definition) is 5. The predicted octanol–water partition coefficient (Wildman–Crippen LogP) is 3.29. The summed E-state index contributed by atoms with van der Waals surface area (Å²) in [4.78, 5) is 31.8. The van der Waals surface area contributed by atoms with E-state index in [2.05, 4.69) is 22.5 Å². The number of pyridine rings is 1. The highest BCUT2D eigenvalue weighted by molar-refractivity contribution is 5.99. The Hall–Kier alpha value is -2.31. The fraction of sp³-hybridized carbons (Fsp3) is 0.650. The summed E-state index contributed by atoms with van der Waals surface area (Å²) in [7, 11) is 0. The summed E-state index contributed by atoms with van der Waals surface area (Å²) in [5, 5.41) is 5.82. The van der Waals surface area contributed by atoms with E-state index in [9.17, 15) is 9.59 Å². The monoisotopic (exact) mass is 374 g/mol. The summed E-state index contributed by atoms with van der Waals surface area (Å²) in [5.41, 5.74) is 1.73. The first-order chi connectivity index (χ1) is 12.7. The molecule has 3 rings (SSSR count). The Balaban J connectivity index is 1.95. The van der Waals surface area contributed by atoms with E-state index < -0.39 is 11.7 Å². The Labute approximate surface area is 160 Å². The second-order valence-corrected chi connectivity index (χ2v) is 8.37. The smallest absolute Gasteiger partial charge is 0.408 e. The lowest BCUT2D eigenvalue weighted by Crippen LogP contribution is -2.36. The SMILES string of the molecule is CC[C@@H](NC(=O)OC(C)(C)C)c1nc(N2CCC[C@H]2C)cc2c1CNC2=O. The van der Waals surface area contributed by atoms with E-state index >= 15 is 0 Å². The van der Waals surface area contributed by atoms with E-state index in [-0.39, 0.29) is 11.9 Å². The molecule has 148 valence electrons. The Morgan fingerprint density at radius 2 is 2.22 bits per heavy atom. The summed E-state index contributed by atoms with van der Waals surface area (Å²) in [6.07, 6.45) is 2.43. The van der Waals surface area contributed by atoms with Crippen LogP contribution in [0.2, 0.25) is 0 Å². The van der Waals surface area contributed by atoms with Crippen molar-refractivity contribution in [2.45, 2.75) is 78.1 Å². The van der Waals surface area contributed by atoms with Crippen LogP contribution in [0.3, 0.4) is 0 Å². The largest absolute Gasteiger partial charge is 0.444 e. The van der Waals surface area contributed by atoms with Gasteiger partial charge in [-0.1, -0.05) is 6.92 Å². The van der Waals surface area contributed by atoms with Crippen LogP contribution in [-0.2, 0) is 11.3 Å². The average Bonchev–Trinajstić information content (AvgIpc) is 3.16. The molecule has 0 unspecified atom stereocenters. The normalized spacial score (nSPS) is 20.3. The molecule has 1 saturated heterocycles. The van der Waals surface area contributed by atoms with Crippen LogP contribution in [0.4, 0.5) is 10.6 Å². The number of amides is 2. The van der Waals surface area contributed by atoms with Gasteiger partial charge in [0.05, 0.1) is 11.7 Å². The zero-order valence-corrected chi connectivity index (χ0v) is 16.9. The zero-order chi connectivity index (χ0) is 19.8. The van der Waals surface area contributed by atoms with Gasteiger partial charge >= 0.3 is 6.09 Å². The fourth-order valence-corrected chi connectivity index (χ4v) is 3.75. The van der Waals surface area contributed by atoms with E-state index in [0.29, 0.717) is 24.6 Å². The van der Waals surface area contributed by atoms with E-state index in [0.717, 1.165) is 36.5 Å². The number of nitrogens with one attached hydrogen (secondary N) is 2. The van der Waals surface area contributed by atoms with Gasteiger partial charge in [-0.15, -0.1) is 0 Å². The molecule has 2 N–H and O–H groups in total. The molecule has 0 aliphatic carbocycles. The molecule has 0 aromatic carbocycles. The molecule has 1 fully saturated rings. The van der Waals surface area contributed by atoms with Crippen molar-refractivity contribution < 1.29 is 14.3 Å². The van der Waals surface area contributed by atoms with Crippen molar-refractivity contribution in [1.82, 2.24) is 15.6 Å². The van der Waals surface area contributed by atoms with Crippen molar-refractivity contribution >= 4 is 17.8 Å². The van der Waals surface area contributed by atoms with E-state index in [1.165, 1.54) is 0 Å². The maximum absolute atomic E-state index is 12.3. The Kier molecular flexibility index (Phi) is 5.31. The third-order valence-electron chi connectivity index (χ3n) is 5.09. The van der Waals surface area contributed by atoms with E-state index in [1.54, 1.807) is 0 Å². The van der Waals surface area contributed by atoms with Crippen LogP contribution in [-0.4, -0.2) is 35.2 Å². The van der Waals surface area contributed by atoms with Gasteiger partial charge in [0.15, 0.2) is 0 Å². The first kappa shape index (κ1) is 19.5. The van der Waals surface area contributed by atoms with Gasteiger partial charge in [-0.2, -0.15) is 0 Å². The first-order valence-corrected chi connectivity index (χ1v) is 9.77. The van der Waals surface area contributed by atoms with Gasteiger partial charge in [-0.05, 0) is 53.0 Å². The number of nitrogens with zero attached hydrogens (tertiary/aromatic N) is 2. The average molecular weight is 374 g/mol. The second-order valence-electron chi connectivity index (χ2n) is 8.37. The number of ether oxygens (including phenoxy) is 1. The minimum absolute atomic E-state index is 0.0751. The van der Waals surface area contributed by atoms with Crippen molar-refractivity contribution in [3.05, 3.63) is 22.9 Å². The quantitative estimate of drug-likeness (QED) is 0.845. The summed E-state index contributed by atoms with van der Waals surface area (Å²) in [6.45, 7) is 11.1. The molecule has 1 aromatic heterocycles. The van der Waals surface area contributed by atoms with Gasteiger partial charge in [-0.25, -0.2) is 9.78 Å². The van der Waals surface area contributed by atoms with Gasteiger partial charge in [0.2, 0.25) is 0 Å². The van der Waals surface area contributed by atoms with Crippen LogP contribution in [0.15, 0.2) is 6.07 Å². The Bertz CT molecular complexity index is 741. The highest BCUT2D eigenvalue weighted by atomic mass is 16.6. The Morgan fingerprint density at radius 1 is 1.48 bits per heavy atom. The third-order valence-corrected chi connectivity index (χ3v) is 5.09. The van der Waals surface area contributed by atoms with Gasteiger partial charge in [-0.3, -0.25) is 4.79 Å². The number of hydrogen-bond donors (Lipinski definition) is 2. The first-order valence-electron chi connectivity index (χ1n) is 9.77. The van der Waals surface area contributed by atoms with Crippen LogP contribution in [0.5, 0.6) is 0 Å². The summed E-state index contributed by atoms with van der Waals surface area (Å²) >= 11 is 0. The summed E-state index contributed by atoms with van der Waals surface area (Å²) in [6, 6.07) is 1.98. The van der Waals surface area contributed by atoms with Crippen molar-refractivity contribution in [3.8, 4) is 0 Å². The summed E-state index contributed by atoms with van der Waals surface area (Å²) < 4.78 is 5.41. The molecule has 7 nitrogen and oxygen atoms in total. The second kappa shape index (κ2) is 7.37. The molecule has 7 heteroatoms. The fourth-order valence-electron chi connectivity index (χ4n) is 3.75. The lowest BCUT2D eigenvalue weighted by molar-refractivity contribution is 0.0500. The zero-order valence-electron chi connectivity index (χ0n) is 16.9. The molecule has 2 amide bonds. The Morgan fingerprint density at radius 3 is 2.81 bits per heavy atom. The molecule has 0 spiro atoms. The van der Waals surface area contributed by atoms with E-state index in [1.807, 2.05) is 33.8 Å². The lowest BCUT2D eigenvalue weighted by atomic mass is 10.0. The number of carbonyl (C=O) groups is 2. The lowest BCUT2D eigenvalue weighted by Gasteiger charge is -2.27. The van der Waals surface area contributed by atoms with Gasteiger partial charge < -0.3 is 20.3 Å². The minimum atomic E-state index is -0.567. The highest BCUT2D eigenvalue weighted by Crippen LogP contribution is 2.32. The molecule has 1 aromatic rings. The maximum Gasteiger partial charge on any atom is 0.408 e. The molecule has 27 heavy (non-hydrogen) atoms. The molecule has 0 radical (unpaired) electrons. The predicted molar refractivity (Wildman–Crippen MR) is 104 cm³/mol. The van der Waals surface area contributed by atoms with Crippen LogP contribution < -0.4 is 15.5 Å². The van der Waals surface area contributed by atoms with Crippen LogP contribution in [0, 0.1) is 0 Å². The third kappa shape index (κ3) is 4.17. The van der Waals surface area contributed by atoms with Gasteiger partial charge in [0.1, 0.15) is 11.4 Å². The van der Waals surface area contributed by atoms with Gasteiger partial charge in [0, 0.05) is 30.3 Å². The molecule has 2 aliphatic heterocycles. The molecular formula is C20H30N4O3.